The number of anilines is 1. The van der Waals surface area contributed by atoms with E-state index in [1.165, 1.54) is 0 Å². The second kappa shape index (κ2) is 12.6. The zero-order valence-corrected chi connectivity index (χ0v) is 15.2. The SMILES string of the molecule is CC.CNc1ccc(CN(C)C)nc1.Cc1ccc(CO)nc1. The second-order valence-corrected chi connectivity index (χ2v) is 5.01. The van der Waals surface area contributed by atoms with Gasteiger partial charge in [-0.15, -0.1) is 0 Å². The summed E-state index contributed by atoms with van der Waals surface area (Å²) >= 11 is 0. The van der Waals surface area contributed by atoms with Gasteiger partial charge in [-0.3, -0.25) is 9.97 Å². The van der Waals surface area contributed by atoms with E-state index in [9.17, 15) is 0 Å². The van der Waals surface area contributed by atoms with Gasteiger partial charge in [0.1, 0.15) is 0 Å². The molecule has 0 spiro atoms. The lowest BCUT2D eigenvalue weighted by atomic mass is 10.3. The van der Waals surface area contributed by atoms with Crippen molar-refractivity contribution in [3.05, 3.63) is 53.6 Å². The molecule has 0 saturated heterocycles. The topological polar surface area (TPSA) is 61.3 Å². The summed E-state index contributed by atoms with van der Waals surface area (Å²) < 4.78 is 0. The van der Waals surface area contributed by atoms with E-state index in [2.05, 4.69) is 20.2 Å². The van der Waals surface area contributed by atoms with Gasteiger partial charge in [0.15, 0.2) is 0 Å². The Morgan fingerprint density at radius 3 is 2.00 bits per heavy atom. The Balaban J connectivity index is 0.000000392. The number of rotatable bonds is 4. The molecule has 2 heterocycles. The highest BCUT2D eigenvalue weighted by atomic mass is 16.3. The smallest absolute Gasteiger partial charge is 0.0852 e. The summed E-state index contributed by atoms with van der Waals surface area (Å²) in [6, 6.07) is 7.81. The Morgan fingerprint density at radius 1 is 1.00 bits per heavy atom. The molecule has 0 saturated carbocycles. The molecule has 2 rings (SSSR count). The zero-order chi connectivity index (χ0) is 17.7. The van der Waals surface area contributed by atoms with Crippen molar-refractivity contribution in [3.63, 3.8) is 0 Å². The Kier molecular flexibility index (Phi) is 11.5. The van der Waals surface area contributed by atoms with Crippen LogP contribution < -0.4 is 5.32 Å². The van der Waals surface area contributed by atoms with Gasteiger partial charge in [0.05, 0.1) is 29.9 Å². The lowest BCUT2D eigenvalue weighted by Gasteiger charge is -2.08. The highest BCUT2D eigenvalue weighted by Gasteiger charge is 1.95. The fourth-order valence-corrected chi connectivity index (χ4v) is 1.58. The summed E-state index contributed by atoms with van der Waals surface area (Å²) in [4.78, 5) is 10.3. The molecule has 2 N–H and O–H groups in total. The van der Waals surface area contributed by atoms with E-state index in [0.29, 0.717) is 0 Å². The first-order chi connectivity index (χ1) is 11.0. The number of aromatic nitrogens is 2. The highest BCUT2D eigenvalue weighted by Crippen LogP contribution is 2.05. The minimum absolute atomic E-state index is 0.0281. The van der Waals surface area contributed by atoms with Gasteiger partial charge in [-0.25, -0.2) is 0 Å². The number of pyridine rings is 2. The summed E-state index contributed by atoms with van der Waals surface area (Å²) in [6.07, 6.45) is 3.59. The first-order valence-electron chi connectivity index (χ1n) is 7.85. The molecule has 5 nitrogen and oxygen atoms in total. The molecule has 0 radical (unpaired) electrons. The summed E-state index contributed by atoms with van der Waals surface area (Å²) in [7, 11) is 5.96. The number of hydrogen-bond donors (Lipinski definition) is 2. The molecule has 0 bridgehead atoms. The van der Waals surface area contributed by atoms with Crippen LogP contribution in [-0.2, 0) is 13.2 Å². The maximum Gasteiger partial charge on any atom is 0.0852 e. The van der Waals surface area contributed by atoms with Gasteiger partial charge in [-0.2, -0.15) is 0 Å². The number of hydrogen-bond acceptors (Lipinski definition) is 5. The third-order valence-corrected chi connectivity index (χ3v) is 2.73. The molecule has 0 aliphatic carbocycles. The first-order valence-corrected chi connectivity index (χ1v) is 7.85. The molecule has 2 aromatic heterocycles. The van der Waals surface area contributed by atoms with Crippen LogP contribution in [0.3, 0.4) is 0 Å². The van der Waals surface area contributed by atoms with Crippen molar-refractivity contribution in [3.8, 4) is 0 Å². The van der Waals surface area contributed by atoms with E-state index in [1.54, 1.807) is 6.20 Å². The highest BCUT2D eigenvalue weighted by molar-refractivity contribution is 5.39. The van der Waals surface area contributed by atoms with Gasteiger partial charge in [-0.1, -0.05) is 19.9 Å². The van der Waals surface area contributed by atoms with Crippen LogP contribution in [0.2, 0.25) is 0 Å². The molecule has 0 fully saturated rings. The minimum atomic E-state index is 0.0281. The normalized spacial score (nSPS) is 9.39. The van der Waals surface area contributed by atoms with E-state index in [4.69, 9.17) is 5.11 Å². The molecule has 2 aromatic rings. The number of aliphatic hydroxyl groups excluding tert-OH is 1. The van der Waals surface area contributed by atoms with Crippen LogP contribution in [0.1, 0.15) is 30.8 Å². The monoisotopic (exact) mass is 318 g/mol. The standard InChI is InChI=1S/C9H15N3.C7H9NO.C2H6/c1-10-8-4-5-9(11-6-8)7-12(2)3;1-6-2-3-7(5-9)8-4-6;1-2/h4-6,10H,7H2,1-3H3;2-4,9H,5H2,1H3;1-2H3. The van der Waals surface area contributed by atoms with E-state index >= 15 is 0 Å². The number of nitrogens with one attached hydrogen (secondary N) is 1. The molecular weight excluding hydrogens is 288 g/mol. The van der Waals surface area contributed by atoms with Gasteiger partial charge in [0.2, 0.25) is 0 Å². The molecule has 0 atom stereocenters. The van der Waals surface area contributed by atoms with E-state index in [1.807, 2.05) is 72.4 Å². The molecule has 0 unspecified atom stereocenters. The molecule has 0 aliphatic rings. The maximum atomic E-state index is 8.57. The Bertz CT molecular complexity index is 510. The van der Waals surface area contributed by atoms with Crippen molar-refractivity contribution < 1.29 is 5.11 Å². The van der Waals surface area contributed by atoms with Crippen molar-refractivity contribution in [1.29, 1.82) is 0 Å². The number of aryl methyl sites for hydroxylation is 1. The summed E-state index contributed by atoms with van der Waals surface area (Å²) in [6.45, 7) is 6.89. The summed E-state index contributed by atoms with van der Waals surface area (Å²) in [5.41, 5.74) is 3.99. The van der Waals surface area contributed by atoms with Crippen molar-refractivity contribution in [2.45, 2.75) is 33.9 Å². The van der Waals surface area contributed by atoms with E-state index in [-0.39, 0.29) is 6.61 Å². The van der Waals surface area contributed by atoms with Gasteiger partial charge in [0, 0.05) is 19.8 Å². The maximum absolute atomic E-state index is 8.57. The van der Waals surface area contributed by atoms with Crippen LogP contribution in [0.25, 0.3) is 0 Å². The summed E-state index contributed by atoms with van der Waals surface area (Å²) in [5, 5.41) is 11.6. The number of nitrogens with zero attached hydrogens (tertiary/aromatic N) is 3. The molecule has 0 aromatic carbocycles. The van der Waals surface area contributed by atoms with Crippen molar-refractivity contribution in [2.24, 2.45) is 0 Å². The van der Waals surface area contributed by atoms with E-state index in [0.717, 1.165) is 29.2 Å². The van der Waals surface area contributed by atoms with Gasteiger partial charge in [-0.05, 0) is 44.8 Å². The van der Waals surface area contributed by atoms with Crippen LogP contribution in [0, 0.1) is 6.92 Å². The third kappa shape index (κ3) is 9.60. The van der Waals surface area contributed by atoms with Crippen molar-refractivity contribution in [2.75, 3.05) is 26.5 Å². The third-order valence-electron chi connectivity index (χ3n) is 2.73. The van der Waals surface area contributed by atoms with Crippen LogP contribution >= 0.6 is 0 Å². The average molecular weight is 318 g/mol. The second-order valence-electron chi connectivity index (χ2n) is 5.01. The Hall–Kier alpha value is -1.98. The quantitative estimate of drug-likeness (QED) is 0.907. The van der Waals surface area contributed by atoms with Gasteiger partial charge < -0.3 is 15.3 Å². The van der Waals surface area contributed by atoms with Crippen molar-refractivity contribution in [1.82, 2.24) is 14.9 Å². The van der Waals surface area contributed by atoms with Gasteiger partial charge >= 0.3 is 0 Å². The average Bonchev–Trinajstić information content (AvgIpc) is 2.58. The van der Waals surface area contributed by atoms with Crippen molar-refractivity contribution >= 4 is 5.69 Å². The Labute approximate surface area is 140 Å². The van der Waals surface area contributed by atoms with Crippen LogP contribution in [-0.4, -0.2) is 41.1 Å². The predicted octanol–water partition coefficient (Wildman–Crippen LogP) is 3.09. The Morgan fingerprint density at radius 2 is 1.61 bits per heavy atom. The minimum Gasteiger partial charge on any atom is -0.390 e. The lowest BCUT2D eigenvalue weighted by Crippen LogP contribution is -2.11. The molecule has 23 heavy (non-hydrogen) atoms. The van der Waals surface area contributed by atoms with E-state index < -0.39 is 0 Å². The molecule has 128 valence electrons. The summed E-state index contributed by atoms with van der Waals surface area (Å²) in [5.74, 6) is 0. The van der Waals surface area contributed by atoms with Crippen LogP contribution in [0.15, 0.2) is 36.7 Å². The zero-order valence-electron chi connectivity index (χ0n) is 15.2. The van der Waals surface area contributed by atoms with Crippen LogP contribution in [0.4, 0.5) is 5.69 Å². The van der Waals surface area contributed by atoms with Gasteiger partial charge in [0.25, 0.3) is 0 Å². The fourth-order valence-electron chi connectivity index (χ4n) is 1.58. The predicted molar refractivity (Wildman–Crippen MR) is 97.4 cm³/mol. The molecule has 0 aliphatic heterocycles. The first kappa shape index (κ1) is 21.0. The molecule has 0 amide bonds. The lowest BCUT2D eigenvalue weighted by molar-refractivity contribution is 0.277. The largest absolute Gasteiger partial charge is 0.390 e. The molecular formula is C18H30N4O. The van der Waals surface area contributed by atoms with Crippen LogP contribution in [0.5, 0.6) is 0 Å². The number of aliphatic hydroxyl groups is 1. The fraction of sp³-hybridized carbons (Fsp3) is 0.444. The molecule has 5 heteroatoms.